The predicted molar refractivity (Wildman–Crippen MR) is 51.7 cm³/mol. The van der Waals surface area contributed by atoms with Crippen molar-refractivity contribution >= 4 is 16.1 Å². The first-order valence-electron chi connectivity index (χ1n) is 3.91. The Kier molecular flexibility index (Phi) is 4.68. The highest BCUT2D eigenvalue weighted by molar-refractivity contribution is 7.80. The van der Waals surface area contributed by atoms with Gasteiger partial charge in [-0.05, 0) is 0 Å². The SMILES string of the molecule is COC1=CC(C)=[N+](OS(=O)(=O)O)C(N)N1.[OH-]. The molecule has 1 atom stereocenters. The van der Waals surface area contributed by atoms with Crippen LogP contribution >= 0.6 is 0 Å². The van der Waals surface area contributed by atoms with Gasteiger partial charge in [0.1, 0.15) is 0 Å². The normalized spacial score (nSPS) is 20.5. The topological polar surface area (TPSA) is 144 Å². The molecule has 0 aromatic heterocycles. The molecule has 0 spiro atoms. The second-order valence-electron chi connectivity index (χ2n) is 2.77. The molecule has 1 heterocycles. The molecule has 5 N–H and O–H groups in total. The minimum absolute atomic E-state index is 0. The maximum Gasteiger partial charge on any atom is 0.499 e. The lowest BCUT2D eigenvalue weighted by atomic mass is 10.3. The van der Waals surface area contributed by atoms with Crippen LogP contribution in [0, 0.1) is 0 Å². The Labute approximate surface area is 92.4 Å². The monoisotopic (exact) mass is 255 g/mol. The van der Waals surface area contributed by atoms with Crippen LogP contribution in [0.5, 0.6) is 0 Å². The third-order valence-electron chi connectivity index (χ3n) is 1.62. The van der Waals surface area contributed by atoms with Gasteiger partial charge in [-0.3, -0.25) is 9.87 Å². The summed E-state index contributed by atoms with van der Waals surface area (Å²) in [7, 11) is -3.17. The Bertz CT molecular complexity index is 414. The third kappa shape index (κ3) is 3.66. The van der Waals surface area contributed by atoms with Crippen molar-refractivity contribution in [2.24, 2.45) is 5.73 Å². The first-order valence-corrected chi connectivity index (χ1v) is 5.27. The molecule has 0 aromatic rings. The Morgan fingerprint density at radius 2 is 2.19 bits per heavy atom. The molecule has 0 saturated carbocycles. The average molecular weight is 255 g/mol. The minimum atomic E-state index is -4.60. The van der Waals surface area contributed by atoms with Crippen LogP contribution in [-0.2, 0) is 19.4 Å². The summed E-state index contributed by atoms with van der Waals surface area (Å²) in [5, 5.41) is 2.59. The molecular weight excluding hydrogens is 242 g/mol. The Morgan fingerprint density at radius 1 is 1.62 bits per heavy atom. The van der Waals surface area contributed by atoms with E-state index in [9.17, 15) is 8.42 Å². The van der Waals surface area contributed by atoms with Gasteiger partial charge in [0.15, 0.2) is 5.88 Å². The summed E-state index contributed by atoms with van der Waals surface area (Å²) in [6, 6.07) is 0. The van der Waals surface area contributed by atoms with Gasteiger partial charge in [-0.2, -0.15) is 8.42 Å². The van der Waals surface area contributed by atoms with E-state index in [0.717, 1.165) is 4.74 Å². The van der Waals surface area contributed by atoms with Crippen molar-refractivity contribution in [1.82, 2.24) is 5.32 Å². The standard InChI is InChI=1S/C6H11N3O5S.H2O/c1-4-3-5(13-2)8-6(7)9(4)14-15(10,11)12;/h3,6H,7H2,1-2H3,(H,10,11,12);1H2. The van der Waals surface area contributed by atoms with E-state index in [1.165, 1.54) is 13.2 Å². The molecule has 0 aromatic carbocycles. The molecule has 10 heteroatoms. The van der Waals surface area contributed by atoms with Crippen molar-refractivity contribution in [2.45, 2.75) is 13.2 Å². The van der Waals surface area contributed by atoms with Crippen LogP contribution in [0.2, 0.25) is 0 Å². The average Bonchev–Trinajstić information content (AvgIpc) is 2.09. The summed E-state index contributed by atoms with van der Waals surface area (Å²) in [5.74, 6) is 0.371. The fraction of sp³-hybridized carbons (Fsp3) is 0.500. The Hall–Kier alpha value is -1.36. The molecule has 1 aliphatic rings. The summed E-state index contributed by atoms with van der Waals surface area (Å²) in [6.07, 6.45) is 0.501. The number of hydrogen-bond donors (Lipinski definition) is 3. The number of nitrogens with two attached hydrogens (primary N) is 1. The summed E-state index contributed by atoms with van der Waals surface area (Å²) >= 11 is 0. The maximum absolute atomic E-state index is 10.5. The van der Waals surface area contributed by atoms with E-state index in [0.29, 0.717) is 11.6 Å². The van der Waals surface area contributed by atoms with Gasteiger partial charge in [0.25, 0.3) is 0 Å². The number of hydrogen-bond acceptors (Lipinski definition) is 7. The third-order valence-corrected chi connectivity index (χ3v) is 1.97. The minimum Gasteiger partial charge on any atom is -0.870 e. The summed E-state index contributed by atoms with van der Waals surface area (Å²) < 4.78 is 39.4. The molecule has 1 rings (SSSR count). The zero-order valence-electron chi connectivity index (χ0n) is 8.61. The predicted octanol–water partition coefficient (Wildman–Crippen LogP) is -1.65. The van der Waals surface area contributed by atoms with Crippen molar-refractivity contribution in [2.75, 3.05) is 7.11 Å². The lowest BCUT2D eigenvalue weighted by molar-refractivity contribution is -0.776. The lowest BCUT2D eigenvalue weighted by Crippen LogP contribution is -2.51. The van der Waals surface area contributed by atoms with Crippen molar-refractivity contribution in [1.29, 1.82) is 0 Å². The second-order valence-corrected chi connectivity index (χ2v) is 3.78. The molecule has 0 aliphatic carbocycles. The van der Waals surface area contributed by atoms with E-state index >= 15 is 0 Å². The Morgan fingerprint density at radius 3 is 2.56 bits per heavy atom. The van der Waals surface area contributed by atoms with Gasteiger partial charge in [-0.1, -0.05) is 0 Å². The number of hydroxylamine groups is 1. The van der Waals surface area contributed by atoms with Gasteiger partial charge in [0, 0.05) is 11.7 Å². The molecule has 1 aliphatic heterocycles. The second kappa shape index (κ2) is 5.12. The van der Waals surface area contributed by atoms with Crippen LogP contribution in [0.1, 0.15) is 6.92 Å². The fourth-order valence-electron chi connectivity index (χ4n) is 1.04. The van der Waals surface area contributed by atoms with E-state index < -0.39 is 16.7 Å². The molecule has 9 nitrogen and oxygen atoms in total. The van der Waals surface area contributed by atoms with Gasteiger partial charge in [-0.15, -0.1) is 4.28 Å². The highest BCUT2D eigenvalue weighted by atomic mass is 32.3. The van der Waals surface area contributed by atoms with E-state index in [1.54, 1.807) is 6.92 Å². The van der Waals surface area contributed by atoms with Crippen molar-refractivity contribution in [3.63, 3.8) is 0 Å². The van der Waals surface area contributed by atoms with Gasteiger partial charge >= 0.3 is 16.7 Å². The number of rotatable bonds is 3. The maximum atomic E-state index is 10.5. The zero-order chi connectivity index (χ0) is 11.6. The van der Waals surface area contributed by atoms with E-state index in [2.05, 4.69) is 9.60 Å². The van der Waals surface area contributed by atoms with Crippen molar-refractivity contribution < 1.29 is 32.2 Å². The highest BCUT2D eigenvalue weighted by Crippen LogP contribution is 2.03. The van der Waals surface area contributed by atoms with E-state index in [4.69, 9.17) is 15.0 Å². The van der Waals surface area contributed by atoms with Gasteiger partial charge in [0.05, 0.1) is 13.2 Å². The molecule has 0 radical (unpaired) electrons. The van der Waals surface area contributed by atoms with Gasteiger partial charge < -0.3 is 10.2 Å². The summed E-state index contributed by atoms with van der Waals surface area (Å²) in [5.41, 5.74) is 5.89. The molecule has 0 fully saturated rings. The zero-order valence-corrected chi connectivity index (χ0v) is 9.43. The van der Waals surface area contributed by atoms with Crippen LogP contribution in [0.15, 0.2) is 12.0 Å². The van der Waals surface area contributed by atoms with Crippen LogP contribution in [0.4, 0.5) is 0 Å². The first-order chi connectivity index (χ1) is 6.83. The fourth-order valence-corrected chi connectivity index (χ4v) is 1.46. The molecule has 94 valence electrons. The molecule has 0 amide bonds. The van der Waals surface area contributed by atoms with Gasteiger partial charge in [-0.25, -0.2) is 5.73 Å². The van der Waals surface area contributed by atoms with Gasteiger partial charge in [0.2, 0.25) is 5.71 Å². The molecule has 16 heavy (non-hydrogen) atoms. The van der Waals surface area contributed by atoms with E-state index in [-0.39, 0.29) is 5.48 Å². The van der Waals surface area contributed by atoms with Crippen molar-refractivity contribution in [3.8, 4) is 0 Å². The van der Waals surface area contributed by atoms with Crippen LogP contribution < -0.4 is 11.1 Å². The summed E-state index contributed by atoms with van der Waals surface area (Å²) in [4.78, 5) is 0. The Balaban J connectivity index is 0.00000225. The number of methoxy groups -OCH3 is 1. The lowest BCUT2D eigenvalue weighted by Gasteiger charge is -2.16. The number of nitrogens with one attached hydrogen (secondary N) is 1. The molecule has 1 unspecified atom stereocenters. The molecular formula is C6H13N3O6S. The first kappa shape index (κ1) is 14.6. The van der Waals surface area contributed by atoms with Crippen LogP contribution in [0.25, 0.3) is 0 Å². The number of nitrogens with zero attached hydrogens (tertiary/aromatic N) is 1. The number of allylic oxidation sites excluding steroid dienone is 1. The molecule has 0 bridgehead atoms. The number of ether oxygens (including phenoxy) is 1. The highest BCUT2D eigenvalue weighted by Gasteiger charge is 2.31. The van der Waals surface area contributed by atoms with Crippen LogP contribution in [-0.4, -0.2) is 42.3 Å². The molecule has 0 saturated heterocycles. The smallest absolute Gasteiger partial charge is 0.499 e. The van der Waals surface area contributed by atoms with E-state index in [1.807, 2.05) is 0 Å². The van der Waals surface area contributed by atoms with Crippen LogP contribution in [0.3, 0.4) is 0 Å². The van der Waals surface area contributed by atoms with Crippen molar-refractivity contribution in [3.05, 3.63) is 12.0 Å². The summed E-state index contributed by atoms with van der Waals surface area (Å²) in [6.45, 7) is 1.55. The largest absolute Gasteiger partial charge is 0.870 e. The quantitative estimate of drug-likeness (QED) is 0.402.